The fourth-order valence-corrected chi connectivity index (χ4v) is 3.77. The van der Waals surface area contributed by atoms with Gasteiger partial charge in [0.2, 0.25) is 0 Å². The van der Waals surface area contributed by atoms with Crippen LogP contribution in [0.1, 0.15) is 53.4 Å². The lowest BCUT2D eigenvalue weighted by Crippen LogP contribution is -2.41. The molecule has 3 atom stereocenters. The number of aliphatic hydroxyl groups excluding tert-OH is 1. The van der Waals surface area contributed by atoms with Crippen LogP contribution in [0.2, 0.25) is 0 Å². The average molecular weight is 220 g/mol. The molecular formula is C15H24O. The molecule has 0 aromatic heterocycles. The molecule has 2 aliphatic rings. The molecule has 1 N–H and O–H groups in total. The summed E-state index contributed by atoms with van der Waals surface area (Å²) >= 11 is 0. The van der Waals surface area contributed by atoms with Crippen molar-refractivity contribution in [2.45, 2.75) is 59.5 Å². The van der Waals surface area contributed by atoms with Crippen molar-refractivity contribution in [3.63, 3.8) is 0 Å². The van der Waals surface area contributed by atoms with Gasteiger partial charge >= 0.3 is 0 Å². The SMILES string of the molecule is CC1=CCC2(C(=C(C)C)CCC2C)C(O)C1. The minimum atomic E-state index is -0.167. The highest BCUT2D eigenvalue weighted by Crippen LogP contribution is 2.56. The lowest BCUT2D eigenvalue weighted by molar-refractivity contribution is 0.0209. The summed E-state index contributed by atoms with van der Waals surface area (Å²) in [5, 5.41) is 10.5. The van der Waals surface area contributed by atoms with E-state index < -0.39 is 0 Å². The summed E-state index contributed by atoms with van der Waals surface area (Å²) in [5.74, 6) is 0.622. The Kier molecular flexibility index (Phi) is 3.00. The van der Waals surface area contributed by atoms with E-state index >= 15 is 0 Å². The van der Waals surface area contributed by atoms with Crippen molar-refractivity contribution in [3.8, 4) is 0 Å². The first-order valence-electron chi connectivity index (χ1n) is 6.49. The Hall–Kier alpha value is -0.560. The van der Waals surface area contributed by atoms with E-state index in [4.69, 9.17) is 0 Å². The molecule has 0 saturated heterocycles. The first-order valence-corrected chi connectivity index (χ1v) is 6.49. The smallest absolute Gasteiger partial charge is 0.0676 e. The maximum Gasteiger partial charge on any atom is 0.0676 e. The molecule has 1 spiro atoms. The van der Waals surface area contributed by atoms with Crippen LogP contribution in [-0.2, 0) is 0 Å². The number of hydrogen-bond donors (Lipinski definition) is 1. The first-order chi connectivity index (χ1) is 7.48. The van der Waals surface area contributed by atoms with Gasteiger partial charge in [0.15, 0.2) is 0 Å². The molecule has 3 unspecified atom stereocenters. The van der Waals surface area contributed by atoms with Crippen LogP contribution < -0.4 is 0 Å². The van der Waals surface area contributed by atoms with E-state index in [1.165, 1.54) is 29.6 Å². The monoisotopic (exact) mass is 220 g/mol. The van der Waals surface area contributed by atoms with E-state index in [9.17, 15) is 5.11 Å². The predicted molar refractivity (Wildman–Crippen MR) is 68.2 cm³/mol. The summed E-state index contributed by atoms with van der Waals surface area (Å²) in [6.07, 6.45) is 6.51. The van der Waals surface area contributed by atoms with Crippen LogP contribution in [0.15, 0.2) is 22.8 Å². The van der Waals surface area contributed by atoms with Crippen molar-refractivity contribution in [1.82, 2.24) is 0 Å². The Balaban J connectivity index is 2.46. The van der Waals surface area contributed by atoms with Gasteiger partial charge in [-0.15, -0.1) is 0 Å². The summed E-state index contributed by atoms with van der Waals surface area (Å²) in [7, 11) is 0. The maximum atomic E-state index is 10.5. The van der Waals surface area contributed by atoms with Crippen LogP contribution in [0.5, 0.6) is 0 Å². The van der Waals surface area contributed by atoms with Gasteiger partial charge in [-0.25, -0.2) is 0 Å². The van der Waals surface area contributed by atoms with Gasteiger partial charge in [-0.3, -0.25) is 0 Å². The van der Waals surface area contributed by atoms with Crippen LogP contribution in [0.4, 0.5) is 0 Å². The second kappa shape index (κ2) is 4.03. The van der Waals surface area contributed by atoms with Gasteiger partial charge < -0.3 is 5.11 Å². The van der Waals surface area contributed by atoms with Crippen LogP contribution in [0.25, 0.3) is 0 Å². The number of rotatable bonds is 0. The van der Waals surface area contributed by atoms with Crippen molar-refractivity contribution in [1.29, 1.82) is 0 Å². The maximum absolute atomic E-state index is 10.5. The molecule has 0 aromatic rings. The van der Waals surface area contributed by atoms with Gasteiger partial charge in [0.25, 0.3) is 0 Å². The third-order valence-electron chi connectivity index (χ3n) is 4.77. The lowest BCUT2D eigenvalue weighted by atomic mass is 9.64. The van der Waals surface area contributed by atoms with Crippen molar-refractivity contribution in [2.24, 2.45) is 11.3 Å². The minimum absolute atomic E-state index is 0.0678. The predicted octanol–water partition coefficient (Wildman–Crippen LogP) is 3.84. The Labute approximate surface area is 99.3 Å². The molecule has 0 aromatic carbocycles. The van der Waals surface area contributed by atoms with Crippen molar-refractivity contribution in [2.75, 3.05) is 0 Å². The zero-order valence-electron chi connectivity index (χ0n) is 11.0. The summed E-state index contributed by atoms with van der Waals surface area (Å²) < 4.78 is 0. The normalized spacial score (nSPS) is 39.1. The first kappa shape index (κ1) is 11.9. The van der Waals surface area contributed by atoms with E-state index in [2.05, 4.69) is 33.8 Å². The quantitative estimate of drug-likeness (QED) is 0.615. The lowest BCUT2D eigenvalue weighted by Gasteiger charge is -2.43. The third-order valence-corrected chi connectivity index (χ3v) is 4.77. The minimum Gasteiger partial charge on any atom is -0.392 e. The number of aliphatic hydroxyl groups is 1. The fraction of sp³-hybridized carbons (Fsp3) is 0.733. The van der Waals surface area contributed by atoms with E-state index in [1.54, 1.807) is 0 Å². The van der Waals surface area contributed by atoms with Crippen molar-refractivity contribution < 1.29 is 5.11 Å². The molecule has 0 heterocycles. The molecule has 1 fully saturated rings. The Morgan fingerprint density at radius 2 is 2.12 bits per heavy atom. The number of hydrogen-bond acceptors (Lipinski definition) is 1. The van der Waals surface area contributed by atoms with Gasteiger partial charge in [-0.05, 0) is 52.4 Å². The van der Waals surface area contributed by atoms with Gasteiger partial charge in [0.1, 0.15) is 0 Å². The standard InChI is InChI=1S/C15H24O/c1-10(2)13-6-5-12(4)15(13)8-7-11(3)9-14(15)16/h7,12,14,16H,5-6,8-9H2,1-4H3. The van der Waals surface area contributed by atoms with Gasteiger partial charge in [0, 0.05) is 5.41 Å². The summed E-state index contributed by atoms with van der Waals surface area (Å²) in [5.41, 5.74) is 4.39. The fourth-order valence-electron chi connectivity index (χ4n) is 3.77. The van der Waals surface area contributed by atoms with Gasteiger partial charge in [-0.2, -0.15) is 0 Å². The zero-order valence-corrected chi connectivity index (χ0v) is 11.0. The Bertz CT molecular complexity index is 346. The van der Waals surface area contributed by atoms with Crippen LogP contribution >= 0.6 is 0 Å². The van der Waals surface area contributed by atoms with Crippen LogP contribution in [0, 0.1) is 11.3 Å². The molecule has 90 valence electrons. The second-order valence-electron chi connectivity index (χ2n) is 5.93. The molecule has 1 saturated carbocycles. The average Bonchev–Trinajstić information content (AvgIpc) is 2.52. The van der Waals surface area contributed by atoms with Gasteiger partial charge in [-0.1, -0.05) is 29.7 Å². The molecule has 0 bridgehead atoms. The van der Waals surface area contributed by atoms with E-state index in [-0.39, 0.29) is 11.5 Å². The molecular weight excluding hydrogens is 196 g/mol. The summed E-state index contributed by atoms with van der Waals surface area (Å²) in [6.45, 7) is 8.85. The molecule has 0 radical (unpaired) electrons. The molecule has 1 nitrogen and oxygen atoms in total. The van der Waals surface area contributed by atoms with Crippen LogP contribution in [-0.4, -0.2) is 11.2 Å². The second-order valence-corrected chi connectivity index (χ2v) is 5.93. The number of allylic oxidation sites excluding steroid dienone is 2. The zero-order chi connectivity index (χ0) is 11.9. The molecule has 2 aliphatic carbocycles. The van der Waals surface area contributed by atoms with E-state index in [1.807, 2.05) is 0 Å². The van der Waals surface area contributed by atoms with Crippen LogP contribution in [0.3, 0.4) is 0 Å². The molecule has 2 rings (SSSR count). The van der Waals surface area contributed by atoms with Gasteiger partial charge in [0.05, 0.1) is 6.10 Å². The highest BCUT2D eigenvalue weighted by molar-refractivity contribution is 5.31. The molecule has 0 aliphatic heterocycles. The van der Waals surface area contributed by atoms with E-state index in [0.29, 0.717) is 5.92 Å². The van der Waals surface area contributed by atoms with Crippen molar-refractivity contribution in [3.05, 3.63) is 22.8 Å². The third kappa shape index (κ3) is 1.57. The summed E-state index contributed by atoms with van der Waals surface area (Å²) in [6, 6.07) is 0. The highest BCUT2D eigenvalue weighted by atomic mass is 16.3. The Morgan fingerprint density at radius 3 is 2.69 bits per heavy atom. The topological polar surface area (TPSA) is 20.2 Å². The molecule has 16 heavy (non-hydrogen) atoms. The molecule has 1 heteroatoms. The Morgan fingerprint density at radius 1 is 1.44 bits per heavy atom. The van der Waals surface area contributed by atoms with Crippen molar-refractivity contribution >= 4 is 0 Å². The van der Waals surface area contributed by atoms with E-state index in [0.717, 1.165) is 12.8 Å². The summed E-state index contributed by atoms with van der Waals surface area (Å²) in [4.78, 5) is 0. The highest BCUT2D eigenvalue weighted by Gasteiger charge is 2.50. The largest absolute Gasteiger partial charge is 0.392 e. The molecule has 0 amide bonds.